The summed E-state index contributed by atoms with van der Waals surface area (Å²) in [6, 6.07) is 18.1. The van der Waals surface area contributed by atoms with Gasteiger partial charge in [-0.1, -0.05) is 59.1 Å². The fraction of sp³-hybridized carbons (Fsp3) is 0.0800. The van der Waals surface area contributed by atoms with Crippen LogP contribution in [0, 0.1) is 6.92 Å². The molecule has 0 bridgehead atoms. The van der Waals surface area contributed by atoms with Gasteiger partial charge in [0.15, 0.2) is 0 Å². The Bertz CT molecular complexity index is 1290. The molecule has 1 saturated heterocycles. The number of carbonyl (C=O) groups excluding carboxylic acids is 3. The normalized spacial score (nSPS) is 15.1. The van der Waals surface area contributed by atoms with Crippen LogP contribution in [0.2, 0.25) is 10.0 Å². The Morgan fingerprint density at radius 1 is 0.939 bits per heavy atom. The molecule has 0 aromatic heterocycles. The van der Waals surface area contributed by atoms with Crippen molar-refractivity contribution in [3.63, 3.8) is 0 Å². The number of halogens is 2. The average molecular weight is 481 g/mol. The maximum Gasteiger partial charge on any atom is 0.335 e. The maximum absolute atomic E-state index is 13.1. The highest BCUT2D eigenvalue weighted by Crippen LogP contribution is 2.29. The van der Waals surface area contributed by atoms with Crippen molar-refractivity contribution in [2.45, 2.75) is 13.5 Å². The van der Waals surface area contributed by atoms with Gasteiger partial charge >= 0.3 is 6.03 Å². The van der Waals surface area contributed by atoms with Gasteiger partial charge in [-0.2, -0.15) is 0 Å². The van der Waals surface area contributed by atoms with E-state index in [4.69, 9.17) is 27.9 Å². The van der Waals surface area contributed by atoms with E-state index < -0.39 is 17.8 Å². The molecular weight excluding hydrogens is 463 g/mol. The van der Waals surface area contributed by atoms with E-state index in [9.17, 15) is 14.4 Å². The summed E-state index contributed by atoms with van der Waals surface area (Å²) in [7, 11) is 0. The van der Waals surface area contributed by atoms with E-state index in [1.165, 1.54) is 12.1 Å². The zero-order valence-electron chi connectivity index (χ0n) is 17.5. The fourth-order valence-electron chi connectivity index (χ4n) is 3.27. The van der Waals surface area contributed by atoms with E-state index in [2.05, 4.69) is 5.32 Å². The van der Waals surface area contributed by atoms with Gasteiger partial charge in [0.1, 0.15) is 17.9 Å². The number of benzene rings is 3. The lowest BCUT2D eigenvalue weighted by atomic mass is 10.1. The molecule has 8 heteroatoms. The molecule has 0 radical (unpaired) electrons. The third-order valence-corrected chi connectivity index (χ3v) is 5.42. The van der Waals surface area contributed by atoms with E-state index in [-0.39, 0.29) is 17.9 Å². The highest BCUT2D eigenvalue weighted by Gasteiger charge is 2.37. The zero-order chi connectivity index (χ0) is 23.5. The number of barbiturate groups is 1. The van der Waals surface area contributed by atoms with Crippen LogP contribution in [0.4, 0.5) is 10.5 Å². The van der Waals surface area contributed by atoms with Crippen molar-refractivity contribution in [3.8, 4) is 5.75 Å². The highest BCUT2D eigenvalue weighted by atomic mass is 35.5. The molecule has 6 nitrogen and oxygen atoms in total. The Morgan fingerprint density at radius 3 is 2.39 bits per heavy atom. The summed E-state index contributed by atoms with van der Waals surface area (Å²) in [4.78, 5) is 38.9. The molecule has 0 atom stereocenters. The number of anilines is 1. The SMILES string of the molecule is Cc1ccc(COc2ccc(Cl)cc2/C=C2\C(=O)NC(=O)N(c3cccc(Cl)c3)C2=O)cc1. The molecule has 3 aromatic rings. The predicted octanol–water partition coefficient (Wildman–Crippen LogP) is 5.55. The lowest BCUT2D eigenvalue weighted by Crippen LogP contribution is -2.54. The second-order valence-corrected chi connectivity index (χ2v) is 8.27. The molecule has 0 aliphatic carbocycles. The minimum atomic E-state index is -0.855. The molecule has 166 valence electrons. The van der Waals surface area contributed by atoms with Crippen molar-refractivity contribution in [1.82, 2.24) is 5.32 Å². The number of aryl methyl sites for hydroxylation is 1. The first-order valence-corrected chi connectivity index (χ1v) is 10.7. The third kappa shape index (κ3) is 5.08. The second-order valence-electron chi connectivity index (χ2n) is 7.39. The van der Waals surface area contributed by atoms with Crippen LogP contribution in [0.5, 0.6) is 5.75 Å². The third-order valence-electron chi connectivity index (χ3n) is 4.95. The summed E-state index contributed by atoms with van der Waals surface area (Å²) >= 11 is 12.2. The van der Waals surface area contributed by atoms with E-state index in [0.29, 0.717) is 21.4 Å². The predicted molar refractivity (Wildman–Crippen MR) is 127 cm³/mol. The smallest absolute Gasteiger partial charge is 0.335 e. The van der Waals surface area contributed by atoms with Crippen LogP contribution >= 0.6 is 23.2 Å². The first-order chi connectivity index (χ1) is 15.8. The Balaban J connectivity index is 1.67. The van der Waals surface area contributed by atoms with Gasteiger partial charge in [0.25, 0.3) is 11.8 Å². The monoisotopic (exact) mass is 480 g/mol. The molecule has 0 saturated carbocycles. The van der Waals surface area contributed by atoms with Crippen molar-refractivity contribution >= 4 is 52.8 Å². The lowest BCUT2D eigenvalue weighted by Gasteiger charge is -2.26. The number of nitrogens with one attached hydrogen (secondary N) is 1. The Hall–Kier alpha value is -3.61. The van der Waals surface area contributed by atoms with Crippen LogP contribution in [0.15, 0.2) is 72.3 Å². The molecule has 4 amide bonds. The zero-order valence-corrected chi connectivity index (χ0v) is 19.0. The van der Waals surface area contributed by atoms with E-state index in [0.717, 1.165) is 16.0 Å². The molecule has 1 heterocycles. The average Bonchev–Trinajstić information content (AvgIpc) is 2.77. The highest BCUT2D eigenvalue weighted by molar-refractivity contribution is 6.39. The molecule has 33 heavy (non-hydrogen) atoms. The van der Waals surface area contributed by atoms with Crippen LogP contribution in [-0.2, 0) is 16.2 Å². The molecule has 1 fully saturated rings. The lowest BCUT2D eigenvalue weighted by molar-refractivity contribution is -0.122. The number of imide groups is 2. The van der Waals surface area contributed by atoms with Gasteiger partial charge in [-0.25, -0.2) is 9.69 Å². The number of carbonyl (C=O) groups is 3. The van der Waals surface area contributed by atoms with Gasteiger partial charge in [-0.15, -0.1) is 0 Å². The second kappa shape index (κ2) is 9.48. The molecule has 1 aliphatic rings. The number of nitrogens with zero attached hydrogens (tertiary/aromatic N) is 1. The number of ether oxygens (including phenoxy) is 1. The van der Waals surface area contributed by atoms with Crippen molar-refractivity contribution in [2.24, 2.45) is 0 Å². The minimum Gasteiger partial charge on any atom is -0.488 e. The summed E-state index contributed by atoms with van der Waals surface area (Å²) in [5.74, 6) is -1.16. The molecule has 0 spiro atoms. The minimum absolute atomic E-state index is 0.239. The van der Waals surface area contributed by atoms with Crippen LogP contribution < -0.4 is 15.0 Å². The summed E-state index contributed by atoms with van der Waals surface area (Å²) in [6.45, 7) is 2.28. The first-order valence-electron chi connectivity index (χ1n) is 9.97. The number of urea groups is 1. The Labute approximate surface area is 200 Å². The van der Waals surface area contributed by atoms with Crippen molar-refractivity contribution in [1.29, 1.82) is 0 Å². The number of hydrogen-bond acceptors (Lipinski definition) is 4. The largest absolute Gasteiger partial charge is 0.488 e. The van der Waals surface area contributed by atoms with E-state index >= 15 is 0 Å². The standard InChI is InChI=1S/C25H18Cl2N2O4/c1-15-5-7-16(8-6-15)14-33-22-10-9-19(27)11-17(22)12-21-23(30)28-25(32)29(24(21)31)20-4-2-3-18(26)13-20/h2-13H,14H2,1H3,(H,28,30,32)/b21-12+. The van der Waals surface area contributed by atoms with Gasteiger partial charge < -0.3 is 4.74 Å². The van der Waals surface area contributed by atoms with Crippen molar-refractivity contribution in [2.75, 3.05) is 4.90 Å². The van der Waals surface area contributed by atoms with Gasteiger partial charge in [0.05, 0.1) is 5.69 Å². The maximum atomic E-state index is 13.1. The van der Waals surface area contributed by atoms with Crippen LogP contribution in [0.25, 0.3) is 6.08 Å². The number of amides is 4. The van der Waals surface area contributed by atoms with Gasteiger partial charge in [-0.05, 0) is 55.0 Å². The van der Waals surface area contributed by atoms with Crippen molar-refractivity contribution < 1.29 is 19.1 Å². The van der Waals surface area contributed by atoms with Crippen LogP contribution in [0.1, 0.15) is 16.7 Å². The van der Waals surface area contributed by atoms with Gasteiger partial charge in [-0.3, -0.25) is 14.9 Å². The molecule has 1 N–H and O–H groups in total. The Kier molecular flexibility index (Phi) is 6.49. The fourth-order valence-corrected chi connectivity index (χ4v) is 3.64. The number of rotatable bonds is 5. The van der Waals surface area contributed by atoms with E-state index in [1.54, 1.807) is 36.4 Å². The summed E-state index contributed by atoms with van der Waals surface area (Å²) in [5, 5.41) is 2.93. The molecule has 4 rings (SSSR count). The summed E-state index contributed by atoms with van der Waals surface area (Å²) in [6.07, 6.45) is 1.36. The molecule has 3 aromatic carbocycles. The van der Waals surface area contributed by atoms with Crippen LogP contribution in [-0.4, -0.2) is 17.8 Å². The number of hydrogen-bond donors (Lipinski definition) is 1. The molecule has 1 aliphatic heterocycles. The quantitative estimate of drug-likeness (QED) is 0.383. The van der Waals surface area contributed by atoms with Gasteiger partial charge in [0.2, 0.25) is 0 Å². The van der Waals surface area contributed by atoms with E-state index in [1.807, 2.05) is 31.2 Å². The summed E-state index contributed by atoms with van der Waals surface area (Å²) in [5.41, 5.74) is 2.52. The molecule has 0 unspecified atom stereocenters. The molecular formula is C25H18Cl2N2O4. The van der Waals surface area contributed by atoms with Crippen molar-refractivity contribution in [3.05, 3.63) is 99.0 Å². The topological polar surface area (TPSA) is 75.7 Å². The first kappa shape index (κ1) is 22.6. The summed E-state index contributed by atoms with van der Waals surface area (Å²) < 4.78 is 5.93. The van der Waals surface area contributed by atoms with Gasteiger partial charge in [0, 0.05) is 15.6 Å². The Morgan fingerprint density at radius 2 is 1.67 bits per heavy atom. The van der Waals surface area contributed by atoms with Crippen LogP contribution in [0.3, 0.4) is 0 Å².